The van der Waals surface area contributed by atoms with Crippen LogP contribution in [0, 0.1) is 17.8 Å². The van der Waals surface area contributed by atoms with E-state index in [1.807, 2.05) is 56.9 Å². The van der Waals surface area contributed by atoms with Gasteiger partial charge in [-0.05, 0) is 134 Å². The van der Waals surface area contributed by atoms with Crippen molar-refractivity contribution in [2.24, 2.45) is 17.8 Å². The van der Waals surface area contributed by atoms with E-state index in [0.717, 1.165) is 101 Å². The summed E-state index contributed by atoms with van der Waals surface area (Å²) in [4.78, 5) is 85.9. The maximum Gasteiger partial charge on any atom is 0.407 e. The molecule has 68 heavy (non-hydrogen) atoms. The number of alkyl carbamates (subject to hydrolysis) is 2. The van der Waals surface area contributed by atoms with Gasteiger partial charge in [0.1, 0.15) is 29.5 Å². The van der Waals surface area contributed by atoms with Crippen LogP contribution < -0.4 is 20.7 Å². The number of carbonyl (C=O) groups is 5. The maximum absolute atomic E-state index is 14.0. The van der Waals surface area contributed by atoms with Crippen molar-refractivity contribution < 1.29 is 38.2 Å². The topological polar surface area (TPSA) is 213 Å². The molecule has 0 radical (unpaired) electrons. The summed E-state index contributed by atoms with van der Waals surface area (Å²) in [7, 11) is 2.58. The van der Waals surface area contributed by atoms with Crippen LogP contribution in [0.1, 0.15) is 118 Å². The van der Waals surface area contributed by atoms with Crippen LogP contribution in [0.3, 0.4) is 0 Å². The molecule has 4 aliphatic rings. The zero-order valence-electron chi connectivity index (χ0n) is 39.8. The Morgan fingerprint density at radius 2 is 1.31 bits per heavy atom. The number of benzene rings is 3. The van der Waals surface area contributed by atoms with Gasteiger partial charge >= 0.3 is 12.2 Å². The summed E-state index contributed by atoms with van der Waals surface area (Å²) in [5, 5.41) is 8.68. The average molecular weight is 930 g/mol. The number of aromatic amines is 2. The first-order chi connectivity index (χ1) is 32.8. The fourth-order valence-corrected chi connectivity index (χ4v) is 10.6. The molecule has 5 aromatic rings. The molecular formula is C51H63N9O8. The first-order valence-electron chi connectivity index (χ1n) is 24.2. The molecule has 0 saturated carbocycles. The molecule has 4 aliphatic heterocycles. The van der Waals surface area contributed by atoms with Crippen molar-refractivity contribution in [3.63, 3.8) is 0 Å². The highest BCUT2D eigenvalue weighted by molar-refractivity contribution is 5.98. The summed E-state index contributed by atoms with van der Waals surface area (Å²) >= 11 is 0. The molecule has 9 rings (SSSR count). The standard InChI is InChI=1S/C51H63N9O8/c1-27(2)43(57-50(64)66-5)48(62)59-19-7-9-40(59)45-52-35-17-12-29(22-38(35)54-45)21-30-11-13-33-24-37-32(25-42(33)68-26-30)14-16-34(47(61)56-37)31-15-18-36-39(23-31)55-46(53-36)41-10-8-20-60(41)49(63)44(28(3)4)58-51(65)67-6/h12,15,17-18,22-25,27-28,30,34,40-41,43-44H,7-11,13-14,16,19-21,26H2,1-6H3,(H,52,54)(H,53,55)(H,56,61)(H,57,64)(H,58,65). The van der Waals surface area contributed by atoms with Gasteiger partial charge in [0.05, 0.1) is 60.9 Å². The molecule has 6 atom stereocenters. The number of likely N-dealkylation sites (tertiary alicyclic amines) is 2. The van der Waals surface area contributed by atoms with E-state index >= 15 is 0 Å². The molecule has 360 valence electrons. The minimum absolute atomic E-state index is 0.0551. The summed E-state index contributed by atoms with van der Waals surface area (Å²) < 4.78 is 16.1. The van der Waals surface area contributed by atoms with Crippen molar-refractivity contribution in [2.45, 2.75) is 116 Å². The van der Waals surface area contributed by atoms with Crippen LogP contribution in [-0.2, 0) is 43.1 Å². The minimum Gasteiger partial charge on any atom is -0.493 e. The number of hydrogen-bond donors (Lipinski definition) is 5. The highest BCUT2D eigenvalue weighted by Crippen LogP contribution is 2.39. The van der Waals surface area contributed by atoms with Crippen LogP contribution in [0.2, 0.25) is 0 Å². The number of nitrogens with zero attached hydrogens (tertiary/aromatic N) is 4. The highest BCUT2D eigenvalue weighted by Gasteiger charge is 2.39. The second-order valence-corrected chi connectivity index (χ2v) is 19.6. The normalized spacial score (nSPS) is 21.4. The zero-order valence-corrected chi connectivity index (χ0v) is 39.8. The van der Waals surface area contributed by atoms with Gasteiger partial charge < -0.3 is 49.9 Å². The number of rotatable bonds is 11. The summed E-state index contributed by atoms with van der Waals surface area (Å²) in [5.41, 5.74) is 8.37. The van der Waals surface area contributed by atoms with Crippen molar-refractivity contribution in [3.05, 3.63) is 82.4 Å². The fourth-order valence-electron chi connectivity index (χ4n) is 10.6. The van der Waals surface area contributed by atoms with Crippen LogP contribution in [0.4, 0.5) is 15.3 Å². The Bertz CT molecular complexity index is 2730. The molecule has 2 saturated heterocycles. The van der Waals surface area contributed by atoms with Crippen LogP contribution in [0.15, 0.2) is 48.5 Å². The third-order valence-corrected chi connectivity index (χ3v) is 14.4. The van der Waals surface area contributed by atoms with Crippen LogP contribution in [0.25, 0.3) is 22.1 Å². The Balaban J connectivity index is 0.833. The van der Waals surface area contributed by atoms with E-state index in [4.69, 9.17) is 24.2 Å². The van der Waals surface area contributed by atoms with E-state index in [1.165, 1.54) is 19.8 Å². The maximum atomic E-state index is 14.0. The quantitative estimate of drug-likeness (QED) is 0.0887. The summed E-state index contributed by atoms with van der Waals surface area (Å²) in [6, 6.07) is 14.6. The van der Waals surface area contributed by atoms with Crippen molar-refractivity contribution in [1.29, 1.82) is 0 Å². The molecule has 0 aliphatic carbocycles. The lowest BCUT2D eigenvalue weighted by Crippen LogP contribution is -2.51. The Hall–Kier alpha value is -6.65. The first-order valence-corrected chi connectivity index (χ1v) is 24.2. The summed E-state index contributed by atoms with van der Waals surface area (Å²) in [5.74, 6) is 1.61. The Morgan fingerprint density at radius 3 is 1.90 bits per heavy atom. The number of ether oxygens (including phenoxy) is 3. The number of hydrogen-bond acceptors (Lipinski definition) is 10. The molecule has 5 N–H and O–H groups in total. The number of H-pyrrole nitrogens is 2. The molecule has 17 heteroatoms. The molecule has 2 aromatic heterocycles. The zero-order chi connectivity index (χ0) is 47.8. The van der Waals surface area contributed by atoms with Gasteiger partial charge in [-0.15, -0.1) is 0 Å². The number of aromatic nitrogens is 4. The fraction of sp³-hybridized carbons (Fsp3) is 0.510. The number of methoxy groups -OCH3 is 2. The SMILES string of the molecule is COC(=O)NC(C(=O)N1CCCC1c1nc2ccc(CC3CCc4cc5c(cc4OC3)CCC(c3ccc4nc(C6CCCN6C(=O)C(NC(=O)OC)C(C)C)[nH]c4c3)C(=O)N5)cc2[nH]1)C(C)C. The smallest absolute Gasteiger partial charge is 0.407 e. The Morgan fingerprint density at radius 1 is 0.735 bits per heavy atom. The monoisotopic (exact) mass is 929 g/mol. The van der Waals surface area contributed by atoms with Gasteiger partial charge in [-0.3, -0.25) is 14.4 Å². The number of carbonyl (C=O) groups excluding carboxylic acids is 5. The van der Waals surface area contributed by atoms with Gasteiger partial charge in [0, 0.05) is 18.8 Å². The third kappa shape index (κ3) is 9.43. The van der Waals surface area contributed by atoms with E-state index in [-0.39, 0.29) is 53.5 Å². The molecule has 3 aromatic carbocycles. The summed E-state index contributed by atoms with van der Waals surface area (Å²) in [6.45, 7) is 9.34. The lowest BCUT2D eigenvalue weighted by Gasteiger charge is -2.29. The molecule has 6 unspecified atom stereocenters. The lowest BCUT2D eigenvalue weighted by molar-refractivity contribution is -0.136. The molecule has 2 fully saturated rings. The van der Waals surface area contributed by atoms with Crippen LogP contribution in [0.5, 0.6) is 5.75 Å². The predicted octanol–water partition coefficient (Wildman–Crippen LogP) is 7.38. The number of nitrogens with one attached hydrogen (secondary N) is 5. The first kappa shape index (κ1) is 46.5. The Labute approximate surface area is 395 Å². The number of amides is 5. The number of imidazole rings is 2. The van der Waals surface area contributed by atoms with E-state index in [9.17, 15) is 24.0 Å². The average Bonchev–Trinajstić information content (AvgIpc) is 4.14. The van der Waals surface area contributed by atoms with Gasteiger partial charge in [0.15, 0.2) is 0 Å². The predicted molar refractivity (Wildman–Crippen MR) is 255 cm³/mol. The van der Waals surface area contributed by atoms with Gasteiger partial charge in [-0.1, -0.05) is 39.8 Å². The largest absolute Gasteiger partial charge is 0.493 e. The third-order valence-electron chi connectivity index (χ3n) is 14.4. The van der Waals surface area contributed by atoms with Gasteiger partial charge in [-0.25, -0.2) is 19.6 Å². The second-order valence-electron chi connectivity index (χ2n) is 19.6. The van der Waals surface area contributed by atoms with Crippen molar-refractivity contribution in [3.8, 4) is 5.75 Å². The van der Waals surface area contributed by atoms with Gasteiger partial charge in [0.25, 0.3) is 0 Å². The van der Waals surface area contributed by atoms with Crippen LogP contribution in [-0.4, -0.2) is 106 Å². The number of fused-ring (bicyclic) bond motifs is 4. The van der Waals surface area contributed by atoms with E-state index in [0.29, 0.717) is 38.4 Å². The lowest BCUT2D eigenvalue weighted by atomic mass is 9.92. The molecule has 5 amide bonds. The number of aryl methyl sites for hydroxylation is 2. The molecule has 6 heterocycles. The van der Waals surface area contributed by atoms with Crippen molar-refractivity contribution >= 4 is 57.7 Å². The molecule has 0 bridgehead atoms. The van der Waals surface area contributed by atoms with Crippen molar-refractivity contribution in [1.82, 2.24) is 40.4 Å². The van der Waals surface area contributed by atoms with E-state index in [2.05, 4.69) is 50.2 Å². The molecular weight excluding hydrogens is 867 g/mol. The van der Waals surface area contributed by atoms with Crippen molar-refractivity contribution in [2.75, 3.05) is 39.2 Å². The minimum atomic E-state index is -0.720. The van der Waals surface area contributed by atoms with Crippen LogP contribution >= 0.6 is 0 Å². The number of anilines is 1. The summed E-state index contributed by atoms with van der Waals surface area (Å²) in [6.07, 6.45) is 5.82. The molecule has 17 nitrogen and oxygen atoms in total. The second kappa shape index (κ2) is 19.5. The molecule has 0 spiro atoms. The van der Waals surface area contributed by atoms with E-state index in [1.54, 1.807) is 4.90 Å². The highest BCUT2D eigenvalue weighted by atomic mass is 16.5. The van der Waals surface area contributed by atoms with Gasteiger partial charge in [-0.2, -0.15) is 0 Å². The van der Waals surface area contributed by atoms with E-state index < -0.39 is 24.3 Å². The Kier molecular flexibility index (Phi) is 13.3. The van der Waals surface area contributed by atoms with Gasteiger partial charge in [0.2, 0.25) is 17.7 Å².